The first-order chi connectivity index (χ1) is 8.56. The van der Waals surface area contributed by atoms with Crippen molar-refractivity contribution in [3.8, 4) is 17.2 Å². The van der Waals surface area contributed by atoms with Gasteiger partial charge in [0.1, 0.15) is 5.75 Å². The van der Waals surface area contributed by atoms with Gasteiger partial charge < -0.3 is 9.63 Å². The van der Waals surface area contributed by atoms with Crippen LogP contribution in [-0.2, 0) is 6.42 Å². The Bertz CT molecular complexity index is 532. The highest BCUT2D eigenvalue weighted by Crippen LogP contribution is 2.28. The predicted octanol–water partition coefficient (Wildman–Crippen LogP) is 3.34. The Labute approximate surface area is 107 Å². The first-order valence-corrected chi connectivity index (χ1v) is 6.19. The first-order valence-electron chi connectivity index (χ1n) is 6.19. The molecule has 0 spiro atoms. The van der Waals surface area contributed by atoms with Crippen molar-refractivity contribution in [3.63, 3.8) is 0 Å². The van der Waals surface area contributed by atoms with Crippen LogP contribution in [-0.4, -0.2) is 15.2 Å². The molecule has 0 amide bonds. The molecule has 0 aliphatic carbocycles. The molecule has 96 valence electrons. The molecule has 0 aliphatic heterocycles. The molecule has 0 radical (unpaired) electrons. The number of aromatic nitrogens is 2. The average Bonchev–Trinajstić information content (AvgIpc) is 2.75. The molecule has 0 bridgehead atoms. The van der Waals surface area contributed by atoms with Crippen molar-refractivity contribution in [3.05, 3.63) is 29.6 Å². The third-order valence-electron chi connectivity index (χ3n) is 2.80. The standard InChI is InChI=1S/C14H18N2O2/c1-9(2)4-7-13-15-14(18-16-13)11-6-5-10(3)8-12(11)17/h5-6,8-9,17H,4,7H2,1-3H3. The SMILES string of the molecule is Cc1ccc(-c2nc(CCC(C)C)no2)c(O)c1. The predicted molar refractivity (Wildman–Crippen MR) is 69.3 cm³/mol. The first kappa shape index (κ1) is 12.6. The van der Waals surface area contributed by atoms with Gasteiger partial charge in [0.2, 0.25) is 0 Å². The topological polar surface area (TPSA) is 59.2 Å². The van der Waals surface area contributed by atoms with Crippen LogP contribution in [0.2, 0.25) is 0 Å². The molecular weight excluding hydrogens is 228 g/mol. The lowest BCUT2D eigenvalue weighted by atomic mass is 10.1. The third-order valence-corrected chi connectivity index (χ3v) is 2.80. The average molecular weight is 246 g/mol. The summed E-state index contributed by atoms with van der Waals surface area (Å²) in [7, 11) is 0. The van der Waals surface area contributed by atoms with Gasteiger partial charge >= 0.3 is 0 Å². The highest BCUT2D eigenvalue weighted by Gasteiger charge is 2.12. The second-order valence-corrected chi connectivity index (χ2v) is 4.97. The van der Waals surface area contributed by atoms with Crippen molar-refractivity contribution < 1.29 is 9.63 Å². The number of phenols is 1. The van der Waals surface area contributed by atoms with E-state index >= 15 is 0 Å². The lowest BCUT2D eigenvalue weighted by Gasteiger charge is -2.00. The van der Waals surface area contributed by atoms with Crippen LogP contribution in [0.15, 0.2) is 22.7 Å². The summed E-state index contributed by atoms with van der Waals surface area (Å²) in [4.78, 5) is 4.31. The van der Waals surface area contributed by atoms with E-state index in [1.54, 1.807) is 12.1 Å². The molecular formula is C14H18N2O2. The lowest BCUT2D eigenvalue weighted by Crippen LogP contribution is -1.93. The van der Waals surface area contributed by atoms with Crippen LogP contribution in [0.4, 0.5) is 0 Å². The van der Waals surface area contributed by atoms with Crippen LogP contribution < -0.4 is 0 Å². The van der Waals surface area contributed by atoms with E-state index in [4.69, 9.17) is 4.52 Å². The van der Waals surface area contributed by atoms with Crippen molar-refractivity contribution in [1.29, 1.82) is 0 Å². The van der Waals surface area contributed by atoms with Gasteiger partial charge in [-0.3, -0.25) is 0 Å². The minimum atomic E-state index is 0.175. The molecule has 0 atom stereocenters. The summed E-state index contributed by atoms with van der Waals surface area (Å²) in [5, 5.41) is 13.8. The molecule has 0 unspecified atom stereocenters. The van der Waals surface area contributed by atoms with Crippen molar-refractivity contribution in [1.82, 2.24) is 10.1 Å². The van der Waals surface area contributed by atoms with Gasteiger partial charge in [0.15, 0.2) is 5.82 Å². The molecule has 2 aromatic rings. The van der Waals surface area contributed by atoms with Gasteiger partial charge in [-0.05, 0) is 37.0 Å². The second-order valence-electron chi connectivity index (χ2n) is 4.97. The van der Waals surface area contributed by atoms with Crippen LogP contribution in [0, 0.1) is 12.8 Å². The zero-order valence-corrected chi connectivity index (χ0v) is 11.0. The maximum atomic E-state index is 9.84. The van der Waals surface area contributed by atoms with Crippen LogP contribution >= 0.6 is 0 Å². The molecule has 1 N–H and O–H groups in total. The van der Waals surface area contributed by atoms with E-state index in [2.05, 4.69) is 24.0 Å². The number of phenolic OH excluding ortho intramolecular Hbond substituents is 1. The fraction of sp³-hybridized carbons (Fsp3) is 0.429. The summed E-state index contributed by atoms with van der Waals surface area (Å²) in [6.07, 6.45) is 1.83. The Kier molecular flexibility index (Phi) is 3.65. The molecule has 1 aromatic carbocycles. The van der Waals surface area contributed by atoms with Crippen LogP contribution in [0.1, 0.15) is 31.7 Å². The molecule has 18 heavy (non-hydrogen) atoms. The number of aromatic hydroxyl groups is 1. The molecule has 4 heteroatoms. The van der Waals surface area contributed by atoms with Crippen LogP contribution in [0.3, 0.4) is 0 Å². The van der Waals surface area contributed by atoms with E-state index in [1.807, 2.05) is 13.0 Å². The molecule has 0 aliphatic rings. The van der Waals surface area contributed by atoms with Crippen molar-refractivity contribution in [2.45, 2.75) is 33.6 Å². The maximum Gasteiger partial charge on any atom is 0.261 e. The van der Waals surface area contributed by atoms with Gasteiger partial charge in [-0.1, -0.05) is 25.1 Å². The maximum absolute atomic E-state index is 9.84. The van der Waals surface area contributed by atoms with E-state index < -0.39 is 0 Å². The summed E-state index contributed by atoms with van der Waals surface area (Å²) < 4.78 is 5.18. The Morgan fingerprint density at radius 2 is 2.11 bits per heavy atom. The molecule has 0 fully saturated rings. The fourth-order valence-corrected chi connectivity index (χ4v) is 1.71. The quantitative estimate of drug-likeness (QED) is 0.898. The van der Waals surface area contributed by atoms with Crippen molar-refractivity contribution in [2.24, 2.45) is 5.92 Å². The fourth-order valence-electron chi connectivity index (χ4n) is 1.71. The van der Waals surface area contributed by atoms with E-state index in [0.717, 1.165) is 18.4 Å². The van der Waals surface area contributed by atoms with Gasteiger partial charge in [0, 0.05) is 6.42 Å². The van der Waals surface area contributed by atoms with Crippen LogP contribution in [0.5, 0.6) is 5.75 Å². The normalized spacial score (nSPS) is 11.1. The third kappa shape index (κ3) is 2.88. The molecule has 0 saturated heterocycles. The second kappa shape index (κ2) is 5.21. The van der Waals surface area contributed by atoms with E-state index in [0.29, 0.717) is 23.2 Å². The molecule has 1 aromatic heterocycles. The minimum absolute atomic E-state index is 0.175. The number of benzene rings is 1. The van der Waals surface area contributed by atoms with E-state index in [-0.39, 0.29) is 5.75 Å². The van der Waals surface area contributed by atoms with Crippen molar-refractivity contribution >= 4 is 0 Å². The van der Waals surface area contributed by atoms with Gasteiger partial charge in [0.25, 0.3) is 5.89 Å². The number of rotatable bonds is 4. The van der Waals surface area contributed by atoms with E-state index in [9.17, 15) is 5.11 Å². The highest BCUT2D eigenvalue weighted by atomic mass is 16.5. The minimum Gasteiger partial charge on any atom is -0.507 e. The van der Waals surface area contributed by atoms with Crippen molar-refractivity contribution in [2.75, 3.05) is 0 Å². The van der Waals surface area contributed by atoms with Gasteiger partial charge in [-0.2, -0.15) is 4.98 Å². The Balaban J connectivity index is 2.18. The monoisotopic (exact) mass is 246 g/mol. The highest BCUT2D eigenvalue weighted by molar-refractivity contribution is 5.62. The zero-order valence-electron chi connectivity index (χ0n) is 11.0. The Morgan fingerprint density at radius 3 is 2.78 bits per heavy atom. The Morgan fingerprint density at radius 1 is 1.33 bits per heavy atom. The molecule has 0 saturated carbocycles. The molecule has 2 rings (SSSR count). The summed E-state index contributed by atoms with van der Waals surface area (Å²) >= 11 is 0. The number of nitrogens with zero attached hydrogens (tertiary/aromatic N) is 2. The smallest absolute Gasteiger partial charge is 0.261 e. The van der Waals surface area contributed by atoms with Gasteiger partial charge in [-0.25, -0.2) is 0 Å². The van der Waals surface area contributed by atoms with Gasteiger partial charge in [-0.15, -0.1) is 0 Å². The Hall–Kier alpha value is -1.84. The lowest BCUT2D eigenvalue weighted by molar-refractivity contribution is 0.414. The summed E-state index contributed by atoms with van der Waals surface area (Å²) in [6.45, 7) is 6.24. The number of aryl methyl sites for hydroxylation is 2. The summed E-state index contributed by atoms with van der Waals surface area (Å²) in [5.74, 6) is 1.86. The number of hydrogen-bond donors (Lipinski definition) is 1. The molecule has 4 nitrogen and oxygen atoms in total. The summed E-state index contributed by atoms with van der Waals surface area (Å²) in [5.41, 5.74) is 1.58. The van der Waals surface area contributed by atoms with Gasteiger partial charge in [0.05, 0.1) is 5.56 Å². The summed E-state index contributed by atoms with van der Waals surface area (Å²) in [6, 6.07) is 5.39. The molecule has 1 heterocycles. The largest absolute Gasteiger partial charge is 0.507 e. The van der Waals surface area contributed by atoms with E-state index in [1.165, 1.54) is 0 Å². The van der Waals surface area contributed by atoms with Crippen LogP contribution in [0.25, 0.3) is 11.5 Å². The number of hydrogen-bond acceptors (Lipinski definition) is 4. The zero-order chi connectivity index (χ0) is 13.1.